The number of fused-ring (bicyclic) bond motifs is 1. The summed E-state index contributed by atoms with van der Waals surface area (Å²) in [7, 11) is 0. The quantitative estimate of drug-likeness (QED) is 0.714. The topological polar surface area (TPSA) is 54.6 Å². The number of rotatable bonds is 5. The van der Waals surface area contributed by atoms with Crippen LogP contribution >= 0.6 is 23.2 Å². The summed E-state index contributed by atoms with van der Waals surface area (Å²) in [4.78, 5) is 0. The van der Waals surface area contributed by atoms with E-state index in [4.69, 9.17) is 23.2 Å². The summed E-state index contributed by atoms with van der Waals surface area (Å²) in [6.45, 7) is 3.64. The molecule has 1 aliphatic heterocycles. The standard InChI is InChI=1S/C13H13Cl2N5S/c1-2-5-20-8(3-4-17-20)7-16-11-9(14)6-10(15)12-13(11)19-21-18-12/h3-4,6,16H,2,5,7H2,1H3. The Morgan fingerprint density at radius 3 is 2.86 bits per heavy atom. The molecule has 0 unspecified atom stereocenters. The van der Waals surface area contributed by atoms with Gasteiger partial charge in [-0.05, 0) is 18.6 Å². The maximum atomic E-state index is 6.27. The van der Waals surface area contributed by atoms with Crippen molar-refractivity contribution in [3.8, 4) is 0 Å². The molecule has 1 aromatic carbocycles. The highest BCUT2D eigenvalue weighted by atomic mass is 35.5. The van der Waals surface area contributed by atoms with Crippen LogP contribution in [0.2, 0.25) is 10.0 Å². The molecule has 1 aliphatic rings. The lowest BCUT2D eigenvalue weighted by Gasteiger charge is -2.13. The fraction of sp³-hybridized carbons (Fsp3) is 0.308. The van der Waals surface area contributed by atoms with E-state index in [0.29, 0.717) is 28.0 Å². The molecule has 110 valence electrons. The van der Waals surface area contributed by atoms with E-state index in [2.05, 4.69) is 26.1 Å². The van der Waals surface area contributed by atoms with E-state index in [-0.39, 0.29) is 0 Å². The van der Waals surface area contributed by atoms with E-state index in [1.165, 1.54) is 0 Å². The van der Waals surface area contributed by atoms with Crippen molar-refractivity contribution < 1.29 is 0 Å². The van der Waals surface area contributed by atoms with Crippen molar-refractivity contribution in [1.29, 1.82) is 0 Å². The van der Waals surface area contributed by atoms with E-state index < -0.39 is 0 Å². The molecule has 1 N–H and O–H groups in total. The second-order valence-electron chi connectivity index (χ2n) is 4.58. The summed E-state index contributed by atoms with van der Waals surface area (Å²) in [6.07, 6.45) is 2.84. The molecule has 2 aromatic rings. The van der Waals surface area contributed by atoms with E-state index >= 15 is 0 Å². The minimum atomic E-state index is 0.519. The summed E-state index contributed by atoms with van der Waals surface area (Å²) < 4.78 is 10.4. The van der Waals surface area contributed by atoms with Crippen molar-refractivity contribution in [1.82, 2.24) is 9.78 Å². The van der Waals surface area contributed by atoms with E-state index in [9.17, 15) is 0 Å². The van der Waals surface area contributed by atoms with Crippen LogP contribution in [0.5, 0.6) is 0 Å². The molecule has 0 aliphatic carbocycles. The van der Waals surface area contributed by atoms with Crippen LogP contribution in [0.15, 0.2) is 27.1 Å². The Morgan fingerprint density at radius 2 is 2.05 bits per heavy atom. The molecule has 8 heteroatoms. The van der Waals surface area contributed by atoms with Gasteiger partial charge < -0.3 is 5.32 Å². The molecule has 5 nitrogen and oxygen atoms in total. The molecule has 1 aromatic heterocycles. The molecular weight excluding hydrogens is 329 g/mol. The van der Waals surface area contributed by atoms with E-state index in [0.717, 1.165) is 35.7 Å². The van der Waals surface area contributed by atoms with Crippen LogP contribution in [0.25, 0.3) is 0 Å². The average molecular weight is 342 g/mol. The largest absolute Gasteiger partial charge is 0.376 e. The molecule has 0 atom stereocenters. The number of hydrogen-bond donors (Lipinski definition) is 1. The third-order valence-corrected chi connectivity index (χ3v) is 4.24. The van der Waals surface area contributed by atoms with E-state index in [1.54, 1.807) is 12.3 Å². The first kappa shape index (κ1) is 14.6. The summed E-state index contributed by atoms with van der Waals surface area (Å²) in [5.74, 6) is 0. The molecule has 0 radical (unpaired) electrons. The Bertz CT molecular complexity index is 749. The van der Waals surface area contributed by atoms with Gasteiger partial charge in [0.15, 0.2) is 0 Å². The van der Waals surface area contributed by atoms with Crippen molar-refractivity contribution in [2.24, 2.45) is 8.73 Å². The number of hydrogen-bond acceptors (Lipinski definition) is 4. The van der Waals surface area contributed by atoms with Crippen LogP contribution in [0, 0.1) is 0 Å². The Kier molecular flexibility index (Phi) is 4.28. The predicted molar refractivity (Wildman–Crippen MR) is 87.8 cm³/mol. The number of benzene rings is 1. The van der Waals surface area contributed by atoms with E-state index in [1.807, 2.05) is 10.7 Å². The van der Waals surface area contributed by atoms with Crippen molar-refractivity contribution in [3.63, 3.8) is 0 Å². The maximum Gasteiger partial charge on any atom is 0.130 e. The third kappa shape index (κ3) is 2.84. The summed E-state index contributed by atoms with van der Waals surface area (Å²) >= 11 is 13.5. The minimum Gasteiger partial charge on any atom is -0.376 e. The number of halogens is 2. The first-order chi connectivity index (χ1) is 10.2. The van der Waals surface area contributed by atoms with Crippen LogP contribution in [0.4, 0.5) is 17.1 Å². The molecule has 0 bridgehead atoms. The van der Waals surface area contributed by atoms with Crippen molar-refractivity contribution in [2.75, 3.05) is 5.32 Å². The van der Waals surface area contributed by atoms with Gasteiger partial charge in [-0.2, -0.15) is 13.8 Å². The summed E-state index contributed by atoms with van der Waals surface area (Å²) in [5.41, 5.74) is 3.24. The highest BCUT2D eigenvalue weighted by molar-refractivity contribution is 7.58. The lowest BCUT2D eigenvalue weighted by atomic mass is 10.2. The van der Waals surface area contributed by atoms with Crippen LogP contribution < -0.4 is 5.32 Å². The fourth-order valence-electron chi connectivity index (χ4n) is 2.14. The molecule has 0 spiro atoms. The van der Waals surface area contributed by atoms with Gasteiger partial charge in [0.25, 0.3) is 0 Å². The zero-order chi connectivity index (χ0) is 14.8. The van der Waals surface area contributed by atoms with Gasteiger partial charge in [0.2, 0.25) is 0 Å². The van der Waals surface area contributed by atoms with Gasteiger partial charge in [0.05, 0.1) is 39.3 Å². The second-order valence-corrected chi connectivity index (χ2v) is 5.92. The highest BCUT2D eigenvalue weighted by Crippen LogP contribution is 2.47. The average Bonchev–Trinajstić information content (AvgIpc) is 3.08. The molecule has 21 heavy (non-hydrogen) atoms. The Balaban J connectivity index is 1.85. The Morgan fingerprint density at radius 1 is 1.24 bits per heavy atom. The lowest BCUT2D eigenvalue weighted by molar-refractivity contribution is 0.578. The number of anilines is 1. The molecule has 2 heterocycles. The van der Waals surface area contributed by atoms with Crippen LogP contribution in [0.3, 0.4) is 0 Å². The Hall–Kier alpha value is -1.37. The van der Waals surface area contributed by atoms with Crippen molar-refractivity contribution in [2.45, 2.75) is 26.4 Å². The van der Waals surface area contributed by atoms with Crippen LogP contribution in [-0.4, -0.2) is 9.78 Å². The monoisotopic (exact) mass is 341 g/mol. The highest BCUT2D eigenvalue weighted by Gasteiger charge is 2.18. The molecule has 0 fully saturated rings. The van der Waals surface area contributed by atoms with Crippen molar-refractivity contribution in [3.05, 3.63) is 34.1 Å². The SMILES string of the molecule is CCCn1nccc1CNc1c(Cl)cc(Cl)c2c1N=S=N2. The zero-order valence-electron chi connectivity index (χ0n) is 11.3. The summed E-state index contributed by atoms with van der Waals surface area (Å²) in [6, 6.07) is 3.68. The number of nitrogens with one attached hydrogen (secondary N) is 1. The summed E-state index contributed by atoms with van der Waals surface area (Å²) in [5, 5.41) is 8.69. The van der Waals surface area contributed by atoms with Gasteiger partial charge in [0.1, 0.15) is 11.4 Å². The minimum absolute atomic E-state index is 0.519. The predicted octanol–water partition coefficient (Wildman–Crippen LogP) is 4.94. The third-order valence-electron chi connectivity index (χ3n) is 3.13. The Labute approximate surface area is 136 Å². The smallest absolute Gasteiger partial charge is 0.130 e. The number of aromatic nitrogens is 2. The van der Waals surface area contributed by atoms with Gasteiger partial charge in [-0.25, -0.2) is 0 Å². The van der Waals surface area contributed by atoms with Crippen molar-refractivity contribution >= 4 is 51.6 Å². The first-order valence-corrected chi connectivity index (χ1v) is 8.04. The first-order valence-electron chi connectivity index (χ1n) is 6.55. The maximum absolute atomic E-state index is 6.27. The van der Waals surface area contributed by atoms with Gasteiger partial charge in [-0.15, -0.1) is 0 Å². The van der Waals surface area contributed by atoms with Gasteiger partial charge in [-0.3, -0.25) is 4.68 Å². The van der Waals surface area contributed by atoms with Gasteiger partial charge in [0, 0.05) is 12.7 Å². The molecule has 0 saturated heterocycles. The fourth-order valence-corrected chi connectivity index (χ4v) is 3.32. The molecule has 0 amide bonds. The van der Waals surface area contributed by atoms with Crippen LogP contribution in [-0.2, 0) is 24.4 Å². The normalized spacial score (nSPS) is 12.3. The second kappa shape index (κ2) is 6.17. The van der Waals surface area contributed by atoms with Gasteiger partial charge >= 0.3 is 0 Å². The number of nitrogens with zero attached hydrogens (tertiary/aromatic N) is 4. The van der Waals surface area contributed by atoms with Gasteiger partial charge in [-0.1, -0.05) is 30.1 Å². The molecular formula is C13H13Cl2N5S. The lowest BCUT2D eigenvalue weighted by Crippen LogP contribution is -2.09. The van der Waals surface area contributed by atoms with Crippen LogP contribution in [0.1, 0.15) is 19.0 Å². The molecule has 3 rings (SSSR count). The molecule has 0 saturated carbocycles. The zero-order valence-corrected chi connectivity index (χ0v) is 13.6. The number of aryl methyl sites for hydroxylation is 1.